The molecule has 0 saturated heterocycles. The van der Waals surface area contributed by atoms with Gasteiger partial charge in [-0.25, -0.2) is 0 Å². The lowest BCUT2D eigenvalue weighted by atomic mass is 10.2. The third kappa shape index (κ3) is 5.97. The van der Waals surface area contributed by atoms with Crippen LogP contribution in [-0.4, -0.2) is 33.8 Å². The predicted molar refractivity (Wildman–Crippen MR) is 101 cm³/mol. The van der Waals surface area contributed by atoms with Crippen LogP contribution in [0.25, 0.3) is 0 Å². The molecule has 2 rings (SSSR count). The number of amides is 1. The molecule has 0 radical (unpaired) electrons. The van der Waals surface area contributed by atoms with E-state index in [2.05, 4.69) is 10.6 Å². The minimum atomic E-state index is 0.00187. The van der Waals surface area contributed by atoms with E-state index in [9.17, 15) is 4.79 Å². The molecule has 0 unspecified atom stereocenters. The summed E-state index contributed by atoms with van der Waals surface area (Å²) in [5, 5.41) is 6.17. The Hall–Kier alpha value is -2.73. The quantitative estimate of drug-likeness (QED) is 0.639. The van der Waals surface area contributed by atoms with Gasteiger partial charge in [-0.2, -0.15) is 0 Å². The van der Waals surface area contributed by atoms with E-state index in [0.29, 0.717) is 37.6 Å². The standard InChI is InChI=1S/C20H26N2O4/c1-24-17-7-4-15(5-8-17)13-21-11-10-20(23)22-14-16-6-9-18(25-2)19(12-16)26-3/h4-9,12,21H,10-11,13-14H2,1-3H3,(H,22,23). The first kappa shape index (κ1) is 19.6. The van der Waals surface area contributed by atoms with Gasteiger partial charge >= 0.3 is 0 Å². The molecule has 2 N–H and O–H groups in total. The highest BCUT2D eigenvalue weighted by Crippen LogP contribution is 2.27. The molecule has 26 heavy (non-hydrogen) atoms. The van der Waals surface area contributed by atoms with Crippen molar-refractivity contribution in [2.24, 2.45) is 0 Å². The SMILES string of the molecule is COc1ccc(CNCCC(=O)NCc2ccc(OC)c(OC)c2)cc1. The number of methoxy groups -OCH3 is 3. The molecular weight excluding hydrogens is 332 g/mol. The Balaban J connectivity index is 1.68. The summed E-state index contributed by atoms with van der Waals surface area (Å²) in [6.45, 7) is 1.79. The second kappa shape index (κ2) is 10.3. The largest absolute Gasteiger partial charge is 0.497 e. The zero-order valence-electron chi connectivity index (χ0n) is 15.5. The minimum Gasteiger partial charge on any atom is -0.497 e. The summed E-state index contributed by atoms with van der Waals surface area (Å²) in [4.78, 5) is 12.0. The average Bonchev–Trinajstić information content (AvgIpc) is 2.69. The van der Waals surface area contributed by atoms with Crippen molar-refractivity contribution in [2.45, 2.75) is 19.5 Å². The third-order valence-electron chi connectivity index (χ3n) is 3.95. The van der Waals surface area contributed by atoms with E-state index in [-0.39, 0.29) is 5.91 Å². The summed E-state index contributed by atoms with van der Waals surface area (Å²) >= 11 is 0. The average molecular weight is 358 g/mol. The number of nitrogens with one attached hydrogen (secondary N) is 2. The van der Waals surface area contributed by atoms with E-state index >= 15 is 0 Å². The Kier molecular flexibility index (Phi) is 7.76. The van der Waals surface area contributed by atoms with Crippen LogP contribution in [0.2, 0.25) is 0 Å². The van der Waals surface area contributed by atoms with Crippen LogP contribution >= 0.6 is 0 Å². The first-order valence-corrected chi connectivity index (χ1v) is 8.47. The number of carbonyl (C=O) groups excluding carboxylic acids is 1. The Bertz CT molecular complexity index is 701. The highest BCUT2D eigenvalue weighted by atomic mass is 16.5. The lowest BCUT2D eigenvalue weighted by Gasteiger charge is -2.10. The van der Waals surface area contributed by atoms with Gasteiger partial charge in [-0.15, -0.1) is 0 Å². The number of ether oxygens (including phenoxy) is 3. The van der Waals surface area contributed by atoms with Crippen LogP contribution in [0.5, 0.6) is 17.2 Å². The summed E-state index contributed by atoms with van der Waals surface area (Å²) in [7, 11) is 4.83. The van der Waals surface area contributed by atoms with Crippen LogP contribution < -0.4 is 24.8 Å². The molecular formula is C20H26N2O4. The van der Waals surface area contributed by atoms with Gasteiger partial charge in [0, 0.05) is 26.1 Å². The van der Waals surface area contributed by atoms with Gasteiger partial charge in [-0.1, -0.05) is 18.2 Å². The number of rotatable bonds is 10. The van der Waals surface area contributed by atoms with Gasteiger partial charge in [0.25, 0.3) is 0 Å². The molecule has 2 aromatic carbocycles. The molecule has 6 heteroatoms. The van der Waals surface area contributed by atoms with E-state index < -0.39 is 0 Å². The topological polar surface area (TPSA) is 68.8 Å². The van der Waals surface area contributed by atoms with Crippen molar-refractivity contribution in [2.75, 3.05) is 27.9 Å². The maximum atomic E-state index is 12.0. The van der Waals surface area contributed by atoms with Gasteiger partial charge in [0.15, 0.2) is 11.5 Å². The molecule has 0 aliphatic heterocycles. The Morgan fingerprint density at radius 1 is 0.846 bits per heavy atom. The lowest BCUT2D eigenvalue weighted by molar-refractivity contribution is -0.121. The van der Waals surface area contributed by atoms with E-state index in [4.69, 9.17) is 14.2 Å². The summed E-state index contributed by atoms with van der Waals surface area (Å²) < 4.78 is 15.6. The number of hydrogen-bond acceptors (Lipinski definition) is 5. The van der Waals surface area contributed by atoms with Crippen LogP contribution in [0.15, 0.2) is 42.5 Å². The second-order valence-corrected chi connectivity index (χ2v) is 5.74. The van der Waals surface area contributed by atoms with Crippen LogP contribution in [0.1, 0.15) is 17.5 Å². The van der Waals surface area contributed by atoms with Crippen molar-refractivity contribution in [3.63, 3.8) is 0 Å². The molecule has 0 fully saturated rings. The molecule has 0 aliphatic rings. The van der Waals surface area contributed by atoms with Crippen LogP contribution in [0.3, 0.4) is 0 Å². The number of hydrogen-bond donors (Lipinski definition) is 2. The van der Waals surface area contributed by atoms with Gasteiger partial charge in [0.2, 0.25) is 5.91 Å². The zero-order chi connectivity index (χ0) is 18.8. The molecule has 0 aliphatic carbocycles. The molecule has 0 saturated carbocycles. The van der Waals surface area contributed by atoms with Crippen molar-refractivity contribution in [3.8, 4) is 17.2 Å². The van der Waals surface area contributed by atoms with Crippen LogP contribution in [0, 0.1) is 0 Å². The summed E-state index contributed by atoms with van der Waals surface area (Å²) in [6.07, 6.45) is 0.420. The Morgan fingerprint density at radius 2 is 1.54 bits per heavy atom. The molecule has 140 valence electrons. The van der Waals surface area contributed by atoms with Gasteiger partial charge in [-0.05, 0) is 35.4 Å². The van der Waals surface area contributed by atoms with E-state index in [1.807, 2.05) is 42.5 Å². The normalized spacial score (nSPS) is 10.3. The van der Waals surface area contributed by atoms with Crippen LogP contribution in [0.4, 0.5) is 0 Å². The maximum absolute atomic E-state index is 12.0. The lowest BCUT2D eigenvalue weighted by Crippen LogP contribution is -2.27. The van der Waals surface area contributed by atoms with Crippen LogP contribution in [-0.2, 0) is 17.9 Å². The first-order valence-electron chi connectivity index (χ1n) is 8.47. The molecule has 0 aromatic heterocycles. The maximum Gasteiger partial charge on any atom is 0.221 e. The molecule has 0 bridgehead atoms. The van der Waals surface area contributed by atoms with Gasteiger partial charge < -0.3 is 24.8 Å². The summed E-state index contributed by atoms with van der Waals surface area (Å²) in [5.41, 5.74) is 2.11. The third-order valence-corrected chi connectivity index (χ3v) is 3.95. The van der Waals surface area contributed by atoms with Crippen molar-refractivity contribution >= 4 is 5.91 Å². The predicted octanol–water partition coefficient (Wildman–Crippen LogP) is 2.51. The van der Waals surface area contributed by atoms with Crippen molar-refractivity contribution < 1.29 is 19.0 Å². The smallest absolute Gasteiger partial charge is 0.221 e. The van der Waals surface area contributed by atoms with Crippen molar-refractivity contribution in [3.05, 3.63) is 53.6 Å². The highest BCUT2D eigenvalue weighted by Gasteiger charge is 2.06. The van der Waals surface area contributed by atoms with Crippen molar-refractivity contribution in [1.82, 2.24) is 10.6 Å². The van der Waals surface area contributed by atoms with Gasteiger partial charge in [0.1, 0.15) is 5.75 Å². The Morgan fingerprint density at radius 3 is 2.19 bits per heavy atom. The molecule has 0 atom stereocenters. The van der Waals surface area contributed by atoms with E-state index in [0.717, 1.165) is 16.9 Å². The minimum absolute atomic E-state index is 0.00187. The summed E-state index contributed by atoms with van der Waals surface area (Å²) in [5.74, 6) is 2.16. The molecule has 0 heterocycles. The fourth-order valence-electron chi connectivity index (χ4n) is 2.46. The molecule has 6 nitrogen and oxygen atoms in total. The monoisotopic (exact) mass is 358 g/mol. The van der Waals surface area contributed by atoms with Gasteiger partial charge in [-0.3, -0.25) is 4.79 Å². The first-order chi connectivity index (χ1) is 12.7. The van der Waals surface area contributed by atoms with Gasteiger partial charge in [0.05, 0.1) is 21.3 Å². The summed E-state index contributed by atoms with van der Waals surface area (Å²) in [6, 6.07) is 13.5. The Labute approximate surface area is 154 Å². The number of benzene rings is 2. The fourth-order valence-corrected chi connectivity index (χ4v) is 2.46. The second-order valence-electron chi connectivity index (χ2n) is 5.74. The number of carbonyl (C=O) groups is 1. The van der Waals surface area contributed by atoms with Crippen molar-refractivity contribution in [1.29, 1.82) is 0 Å². The van der Waals surface area contributed by atoms with E-state index in [1.54, 1.807) is 21.3 Å². The fraction of sp³-hybridized carbons (Fsp3) is 0.350. The molecule has 2 aromatic rings. The highest BCUT2D eigenvalue weighted by molar-refractivity contribution is 5.76. The molecule has 1 amide bonds. The molecule has 0 spiro atoms. The van der Waals surface area contributed by atoms with E-state index in [1.165, 1.54) is 0 Å². The zero-order valence-corrected chi connectivity index (χ0v) is 15.5.